The Hall–Kier alpha value is -1.69. The van der Waals surface area contributed by atoms with Gasteiger partial charge in [0.05, 0.1) is 11.3 Å². The molecule has 0 bridgehead atoms. The zero-order valence-corrected chi connectivity index (χ0v) is 17.6. The second kappa shape index (κ2) is 7.22. The van der Waals surface area contributed by atoms with E-state index in [1.165, 1.54) is 10.9 Å². The summed E-state index contributed by atoms with van der Waals surface area (Å²) in [6, 6.07) is 1.74. The van der Waals surface area contributed by atoms with Crippen LogP contribution < -0.4 is 20.3 Å². The average Bonchev–Trinajstić information content (AvgIpc) is 3.20. The summed E-state index contributed by atoms with van der Waals surface area (Å²) in [6.45, 7) is 3.01. The van der Waals surface area contributed by atoms with Crippen LogP contribution in [0.15, 0.2) is 6.07 Å². The maximum Gasteiger partial charge on any atom is 0.230 e. The number of halogens is 1. The fourth-order valence-electron chi connectivity index (χ4n) is 4.33. The van der Waals surface area contributed by atoms with Gasteiger partial charge < -0.3 is 15.5 Å². The summed E-state index contributed by atoms with van der Waals surface area (Å²) >= 11 is 6.06. The van der Waals surface area contributed by atoms with Crippen LogP contribution in [0.3, 0.4) is 0 Å². The topological polar surface area (TPSA) is 117 Å². The molecule has 4 heterocycles. The van der Waals surface area contributed by atoms with Gasteiger partial charge in [0.1, 0.15) is 0 Å². The number of hydrogen-bond acceptors (Lipinski definition) is 8. The summed E-state index contributed by atoms with van der Waals surface area (Å²) in [7, 11) is -3.34. The van der Waals surface area contributed by atoms with Gasteiger partial charge in [-0.05, 0) is 25.8 Å². The fraction of sp³-hybridized carbons (Fsp3) is 0.706. The number of hydrogen-bond donors (Lipinski definition) is 3. The van der Waals surface area contributed by atoms with Gasteiger partial charge in [-0.1, -0.05) is 24.4 Å². The van der Waals surface area contributed by atoms with E-state index < -0.39 is 10.0 Å². The van der Waals surface area contributed by atoms with Crippen LogP contribution in [0.25, 0.3) is 5.65 Å². The van der Waals surface area contributed by atoms with Crippen molar-refractivity contribution in [3.8, 4) is 0 Å². The molecule has 1 saturated carbocycles. The zero-order chi connectivity index (χ0) is 20.1. The van der Waals surface area contributed by atoms with Crippen LogP contribution in [-0.4, -0.2) is 71.5 Å². The van der Waals surface area contributed by atoms with Crippen molar-refractivity contribution in [3.63, 3.8) is 0 Å². The predicted molar refractivity (Wildman–Crippen MR) is 111 cm³/mol. The molecule has 0 unspecified atom stereocenters. The molecule has 3 aliphatic rings. The van der Waals surface area contributed by atoms with Gasteiger partial charge in [-0.25, -0.2) is 13.1 Å². The average molecular weight is 441 g/mol. The molecule has 2 saturated heterocycles. The second-order valence-electron chi connectivity index (χ2n) is 8.24. The van der Waals surface area contributed by atoms with Gasteiger partial charge in [-0.15, -0.1) is 0 Å². The molecule has 1 spiro atoms. The first-order chi connectivity index (χ1) is 13.9. The van der Waals surface area contributed by atoms with E-state index in [1.54, 1.807) is 6.07 Å². The van der Waals surface area contributed by atoms with Crippen molar-refractivity contribution in [1.82, 2.24) is 29.6 Å². The Bertz CT molecular complexity index is 1010. The minimum absolute atomic E-state index is 0.0317. The Morgan fingerprint density at radius 3 is 2.72 bits per heavy atom. The molecule has 10 nitrogen and oxygen atoms in total. The van der Waals surface area contributed by atoms with E-state index in [9.17, 15) is 8.42 Å². The smallest absolute Gasteiger partial charge is 0.230 e. The number of anilines is 2. The van der Waals surface area contributed by atoms with Gasteiger partial charge in [0.15, 0.2) is 10.8 Å². The van der Waals surface area contributed by atoms with E-state index >= 15 is 0 Å². The van der Waals surface area contributed by atoms with Crippen LogP contribution >= 0.6 is 11.6 Å². The zero-order valence-electron chi connectivity index (χ0n) is 16.1. The normalized spacial score (nSPS) is 21.5. The third-order valence-electron chi connectivity index (χ3n) is 6.01. The Morgan fingerprint density at radius 1 is 1.28 bits per heavy atom. The van der Waals surface area contributed by atoms with E-state index in [0.717, 1.165) is 45.3 Å². The van der Waals surface area contributed by atoms with Crippen molar-refractivity contribution in [3.05, 3.63) is 11.2 Å². The molecule has 5 rings (SSSR count). The van der Waals surface area contributed by atoms with Crippen LogP contribution in [0, 0.1) is 0 Å². The Morgan fingerprint density at radius 2 is 2.03 bits per heavy atom. The fourth-order valence-corrected chi connectivity index (χ4v) is 5.74. The molecule has 0 radical (unpaired) electrons. The maximum absolute atomic E-state index is 12.3. The molecule has 0 aromatic carbocycles. The van der Waals surface area contributed by atoms with Crippen molar-refractivity contribution >= 4 is 39.2 Å². The molecule has 0 atom stereocenters. The number of aromatic nitrogens is 4. The molecular weight excluding hydrogens is 416 g/mol. The molecular formula is C17H25ClN8O2S. The van der Waals surface area contributed by atoms with Crippen LogP contribution in [0.1, 0.15) is 32.1 Å². The lowest BCUT2D eigenvalue weighted by Gasteiger charge is -2.56. The van der Waals surface area contributed by atoms with E-state index in [1.807, 2.05) is 0 Å². The third-order valence-corrected chi connectivity index (χ3v) is 7.63. The molecule has 29 heavy (non-hydrogen) atoms. The van der Waals surface area contributed by atoms with E-state index in [-0.39, 0.29) is 23.9 Å². The summed E-state index contributed by atoms with van der Waals surface area (Å²) in [6.07, 6.45) is 5.17. The quantitative estimate of drug-likeness (QED) is 0.573. The third kappa shape index (κ3) is 3.88. The number of sulfonamides is 1. The summed E-state index contributed by atoms with van der Waals surface area (Å²) in [4.78, 5) is 11.3. The van der Waals surface area contributed by atoms with Crippen LogP contribution in [0.2, 0.25) is 5.15 Å². The van der Waals surface area contributed by atoms with Crippen molar-refractivity contribution in [1.29, 1.82) is 0 Å². The highest BCUT2D eigenvalue weighted by atomic mass is 35.5. The first kappa shape index (κ1) is 19.3. The van der Waals surface area contributed by atoms with E-state index in [2.05, 4.69) is 35.3 Å². The van der Waals surface area contributed by atoms with Gasteiger partial charge in [-0.3, -0.25) is 0 Å². The molecule has 2 aromatic heterocycles. The van der Waals surface area contributed by atoms with Crippen LogP contribution in [0.5, 0.6) is 0 Å². The Balaban J connectivity index is 1.28. The monoisotopic (exact) mass is 440 g/mol. The first-order valence-electron chi connectivity index (χ1n) is 10.1. The number of rotatable bonds is 7. The largest absolute Gasteiger partial charge is 0.353 e. The molecule has 158 valence electrons. The van der Waals surface area contributed by atoms with Crippen LogP contribution in [-0.2, 0) is 10.0 Å². The number of fused-ring (bicyclic) bond motifs is 1. The first-order valence-corrected chi connectivity index (χ1v) is 12.1. The van der Waals surface area contributed by atoms with Crippen molar-refractivity contribution in [2.75, 3.05) is 42.1 Å². The maximum atomic E-state index is 12.3. The van der Waals surface area contributed by atoms with Gasteiger partial charge in [0, 0.05) is 31.7 Å². The molecule has 0 amide bonds. The summed E-state index contributed by atoms with van der Waals surface area (Å²) < 4.78 is 29.0. The minimum atomic E-state index is -3.34. The Labute approximate surface area is 174 Å². The SMILES string of the molecule is O=S(=O)(CCNc1nc(N2CC3(CCN3)C2)nc2cc(Cl)nn12)NC1CCCC1. The van der Waals surface area contributed by atoms with Crippen LogP contribution in [0.4, 0.5) is 11.9 Å². The lowest BCUT2D eigenvalue weighted by Crippen LogP contribution is -2.76. The highest BCUT2D eigenvalue weighted by Crippen LogP contribution is 2.33. The lowest BCUT2D eigenvalue weighted by atomic mass is 9.80. The van der Waals surface area contributed by atoms with E-state index in [4.69, 9.17) is 11.6 Å². The molecule has 2 aromatic rings. The lowest BCUT2D eigenvalue weighted by molar-refractivity contribution is 0.158. The van der Waals surface area contributed by atoms with Gasteiger partial charge >= 0.3 is 0 Å². The van der Waals surface area contributed by atoms with Gasteiger partial charge in [0.2, 0.25) is 21.9 Å². The highest BCUT2D eigenvalue weighted by Gasteiger charge is 2.48. The van der Waals surface area contributed by atoms with Crippen molar-refractivity contribution in [2.45, 2.75) is 43.7 Å². The summed E-state index contributed by atoms with van der Waals surface area (Å²) in [5, 5.41) is 11.1. The van der Waals surface area contributed by atoms with Crippen molar-refractivity contribution < 1.29 is 8.42 Å². The molecule has 2 aliphatic heterocycles. The van der Waals surface area contributed by atoms with E-state index in [0.29, 0.717) is 22.7 Å². The number of nitrogens with zero attached hydrogens (tertiary/aromatic N) is 5. The minimum Gasteiger partial charge on any atom is -0.353 e. The molecule has 1 aliphatic carbocycles. The van der Waals surface area contributed by atoms with Gasteiger partial charge in [0.25, 0.3) is 0 Å². The molecule has 12 heteroatoms. The summed E-state index contributed by atoms with van der Waals surface area (Å²) in [5.74, 6) is 1.01. The van der Waals surface area contributed by atoms with Gasteiger partial charge in [-0.2, -0.15) is 19.6 Å². The summed E-state index contributed by atoms with van der Waals surface area (Å²) in [5.41, 5.74) is 0.790. The number of nitrogens with one attached hydrogen (secondary N) is 3. The molecule has 3 N–H and O–H groups in total. The predicted octanol–water partition coefficient (Wildman–Crippen LogP) is 0.604. The molecule has 3 fully saturated rings. The second-order valence-corrected chi connectivity index (χ2v) is 10.5. The Kier molecular flexibility index (Phi) is 4.80. The standard InChI is InChI=1S/C17H25ClN8O2S/c18-13-9-14-21-16(25-10-17(11-25)5-6-20-17)22-15(26(14)23-13)19-7-8-29(27,28)24-12-3-1-2-4-12/h9,12,20,24H,1-8,10-11H2,(H,19,21,22). The highest BCUT2D eigenvalue weighted by molar-refractivity contribution is 7.89. The van der Waals surface area contributed by atoms with Crippen molar-refractivity contribution in [2.24, 2.45) is 0 Å².